The van der Waals surface area contributed by atoms with E-state index in [-0.39, 0.29) is 17.4 Å². The minimum Gasteiger partial charge on any atom is -0.506 e. The number of hydrogen-bond acceptors (Lipinski definition) is 6. The molecule has 3 N–H and O–H groups in total. The summed E-state index contributed by atoms with van der Waals surface area (Å²) in [4.78, 5) is 30.2. The average Bonchev–Trinajstić information content (AvgIpc) is 2.92. The third kappa shape index (κ3) is 3.60. The molecule has 2 aromatic heterocycles. The summed E-state index contributed by atoms with van der Waals surface area (Å²) in [6.45, 7) is 4.01. The van der Waals surface area contributed by atoms with Gasteiger partial charge >= 0.3 is 0 Å². The van der Waals surface area contributed by atoms with Gasteiger partial charge in [-0.15, -0.1) is 11.3 Å². The number of fused-ring (bicyclic) bond motifs is 1. The highest BCUT2D eigenvalue weighted by molar-refractivity contribution is 8.01. The van der Waals surface area contributed by atoms with Gasteiger partial charge in [-0.25, -0.2) is 4.98 Å². The number of nitrogens with zero attached hydrogens (tertiary/aromatic N) is 1. The van der Waals surface area contributed by atoms with E-state index in [2.05, 4.69) is 15.3 Å². The molecule has 0 saturated carbocycles. The average molecular weight is 361 g/mol. The van der Waals surface area contributed by atoms with E-state index >= 15 is 0 Å². The Bertz CT molecular complexity index is 978. The van der Waals surface area contributed by atoms with E-state index in [0.29, 0.717) is 14.7 Å². The number of aryl methyl sites for hydroxylation is 2. The Kier molecular flexibility index (Phi) is 4.59. The molecule has 0 spiro atoms. The van der Waals surface area contributed by atoms with Crippen molar-refractivity contribution in [2.24, 2.45) is 0 Å². The Morgan fingerprint density at radius 3 is 2.88 bits per heavy atom. The topological polar surface area (TPSA) is 95.1 Å². The number of thiazole rings is 1. The fraction of sp³-hybridized carbons (Fsp3) is 0.188. The van der Waals surface area contributed by atoms with Crippen molar-refractivity contribution in [1.82, 2.24) is 9.97 Å². The van der Waals surface area contributed by atoms with E-state index in [4.69, 9.17) is 0 Å². The van der Waals surface area contributed by atoms with Crippen molar-refractivity contribution in [3.05, 3.63) is 45.7 Å². The number of nitrogens with one attached hydrogen (secondary N) is 2. The van der Waals surface area contributed by atoms with Gasteiger partial charge in [-0.2, -0.15) is 0 Å². The van der Waals surface area contributed by atoms with Crippen LogP contribution in [0.1, 0.15) is 11.1 Å². The molecule has 6 nitrogen and oxygen atoms in total. The lowest BCUT2D eigenvalue weighted by atomic mass is 10.1. The summed E-state index contributed by atoms with van der Waals surface area (Å²) in [5.74, 6) is -0.0458. The first-order chi connectivity index (χ1) is 11.4. The molecule has 3 rings (SSSR count). The van der Waals surface area contributed by atoms with Crippen molar-refractivity contribution in [2.75, 3.05) is 11.1 Å². The van der Waals surface area contributed by atoms with Gasteiger partial charge in [0, 0.05) is 11.8 Å². The summed E-state index contributed by atoms with van der Waals surface area (Å²) in [5.41, 5.74) is 2.98. The SMILES string of the molecule is Cc1ccc(NC(=O)CSc2nc3[nH]c(=O)cc(O)c3s2)cc1C. The van der Waals surface area contributed by atoms with Crippen LogP contribution in [0.5, 0.6) is 5.75 Å². The fourth-order valence-electron chi connectivity index (χ4n) is 2.11. The van der Waals surface area contributed by atoms with Crippen LogP contribution in [0.25, 0.3) is 10.3 Å². The standard InChI is InChI=1S/C16H15N3O3S2/c1-8-3-4-10(5-9(8)2)17-13(22)7-23-16-19-15-14(24-16)11(20)6-12(21)18-15/h3-6H,7H2,1-2H3,(H,17,22)(H2,18,20,21). The Morgan fingerprint density at radius 1 is 1.33 bits per heavy atom. The quantitative estimate of drug-likeness (QED) is 0.621. The molecule has 0 unspecified atom stereocenters. The molecule has 0 bridgehead atoms. The number of anilines is 1. The Hall–Kier alpha value is -2.32. The van der Waals surface area contributed by atoms with Crippen LogP contribution in [-0.2, 0) is 4.79 Å². The Labute approximate surface area is 145 Å². The number of aromatic nitrogens is 2. The molecule has 3 aromatic rings. The van der Waals surface area contributed by atoms with E-state index in [1.807, 2.05) is 32.0 Å². The number of amides is 1. The normalized spacial score (nSPS) is 10.9. The predicted molar refractivity (Wildman–Crippen MR) is 97.2 cm³/mol. The van der Waals surface area contributed by atoms with Crippen molar-refractivity contribution in [3.8, 4) is 5.75 Å². The van der Waals surface area contributed by atoms with Crippen molar-refractivity contribution < 1.29 is 9.90 Å². The van der Waals surface area contributed by atoms with Gasteiger partial charge in [-0.05, 0) is 37.1 Å². The Balaban J connectivity index is 1.66. The third-order valence-electron chi connectivity index (χ3n) is 3.47. The summed E-state index contributed by atoms with van der Waals surface area (Å²) in [6, 6.07) is 6.87. The number of pyridine rings is 1. The van der Waals surface area contributed by atoms with Crippen LogP contribution in [0.4, 0.5) is 5.69 Å². The molecule has 0 aliphatic heterocycles. The highest BCUT2D eigenvalue weighted by Gasteiger charge is 2.12. The number of carbonyl (C=O) groups is 1. The zero-order chi connectivity index (χ0) is 17.3. The lowest BCUT2D eigenvalue weighted by Crippen LogP contribution is -2.14. The zero-order valence-electron chi connectivity index (χ0n) is 13.0. The van der Waals surface area contributed by atoms with Crippen LogP contribution < -0.4 is 10.9 Å². The maximum atomic E-state index is 12.1. The molecule has 1 amide bonds. The van der Waals surface area contributed by atoms with Crippen LogP contribution in [-0.4, -0.2) is 26.7 Å². The van der Waals surface area contributed by atoms with Gasteiger partial charge in [0.25, 0.3) is 5.56 Å². The maximum Gasteiger partial charge on any atom is 0.253 e. The second-order valence-electron chi connectivity index (χ2n) is 5.31. The molecule has 0 fully saturated rings. The molecule has 24 heavy (non-hydrogen) atoms. The fourth-order valence-corrected chi connectivity index (χ4v) is 3.92. The molecule has 0 aliphatic rings. The first-order valence-electron chi connectivity index (χ1n) is 7.15. The number of hydrogen-bond donors (Lipinski definition) is 3. The van der Waals surface area contributed by atoms with E-state index in [0.717, 1.165) is 17.3 Å². The van der Waals surface area contributed by atoms with E-state index in [1.165, 1.54) is 28.7 Å². The molecule has 2 heterocycles. The number of rotatable bonds is 4. The van der Waals surface area contributed by atoms with Crippen LogP contribution in [0.2, 0.25) is 0 Å². The van der Waals surface area contributed by atoms with Gasteiger partial charge < -0.3 is 15.4 Å². The molecular weight excluding hydrogens is 346 g/mol. The van der Waals surface area contributed by atoms with Gasteiger partial charge in [0.05, 0.1) is 5.75 Å². The van der Waals surface area contributed by atoms with E-state index in [1.54, 1.807) is 0 Å². The van der Waals surface area contributed by atoms with Crippen molar-refractivity contribution in [1.29, 1.82) is 0 Å². The molecule has 0 saturated heterocycles. The van der Waals surface area contributed by atoms with Crippen LogP contribution in [0.3, 0.4) is 0 Å². The van der Waals surface area contributed by atoms with Crippen LogP contribution >= 0.6 is 23.1 Å². The minimum absolute atomic E-state index is 0.0994. The van der Waals surface area contributed by atoms with Gasteiger partial charge in [0.2, 0.25) is 5.91 Å². The summed E-state index contributed by atoms with van der Waals surface area (Å²) < 4.78 is 1.11. The molecule has 1 aromatic carbocycles. The number of H-pyrrole nitrogens is 1. The number of thioether (sulfide) groups is 1. The number of aromatic amines is 1. The molecule has 8 heteroatoms. The van der Waals surface area contributed by atoms with Crippen molar-refractivity contribution in [2.45, 2.75) is 18.2 Å². The van der Waals surface area contributed by atoms with Gasteiger partial charge in [0.1, 0.15) is 10.4 Å². The zero-order valence-corrected chi connectivity index (χ0v) is 14.7. The largest absolute Gasteiger partial charge is 0.506 e. The lowest BCUT2D eigenvalue weighted by molar-refractivity contribution is -0.113. The smallest absolute Gasteiger partial charge is 0.253 e. The maximum absolute atomic E-state index is 12.1. The minimum atomic E-state index is -0.408. The molecular formula is C16H15N3O3S2. The monoisotopic (exact) mass is 361 g/mol. The Morgan fingerprint density at radius 2 is 2.12 bits per heavy atom. The first kappa shape index (κ1) is 16.5. The summed E-state index contributed by atoms with van der Waals surface area (Å²) in [6.07, 6.45) is 0. The summed E-state index contributed by atoms with van der Waals surface area (Å²) in [5, 5.41) is 12.6. The number of carbonyl (C=O) groups excluding carboxylic acids is 1. The molecule has 124 valence electrons. The lowest BCUT2D eigenvalue weighted by Gasteiger charge is -2.06. The van der Waals surface area contributed by atoms with Gasteiger partial charge in [0.15, 0.2) is 9.99 Å². The molecule has 0 radical (unpaired) electrons. The molecule has 0 aliphatic carbocycles. The van der Waals surface area contributed by atoms with Crippen LogP contribution in [0, 0.1) is 13.8 Å². The summed E-state index contributed by atoms with van der Waals surface area (Å²) >= 11 is 2.49. The first-order valence-corrected chi connectivity index (χ1v) is 8.95. The highest BCUT2D eigenvalue weighted by Crippen LogP contribution is 2.32. The van der Waals surface area contributed by atoms with Gasteiger partial charge in [-0.3, -0.25) is 9.59 Å². The van der Waals surface area contributed by atoms with Crippen molar-refractivity contribution in [3.63, 3.8) is 0 Å². The second-order valence-corrected chi connectivity index (χ2v) is 7.53. The van der Waals surface area contributed by atoms with Gasteiger partial charge in [-0.1, -0.05) is 17.8 Å². The van der Waals surface area contributed by atoms with E-state index in [9.17, 15) is 14.7 Å². The van der Waals surface area contributed by atoms with E-state index < -0.39 is 5.56 Å². The highest BCUT2D eigenvalue weighted by atomic mass is 32.2. The van der Waals surface area contributed by atoms with Crippen molar-refractivity contribution >= 4 is 45.0 Å². The number of benzene rings is 1. The second kappa shape index (κ2) is 6.66. The third-order valence-corrected chi connectivity index (χ3v) is 5.69. The number of aromatic hydroxyl groups is 1. The summed E-state index contributed by atoms with van der Waals surface area (Å²) in [7, 11) is 0. The molecule has 0 atom stereocenters. The predicted octanol–water partition coefficient (Wildman–Crippen LogP) is 3.04. The van der Waals surface area contributed by atoms with Crippen LogP contribution in [0.15, 0.2) is 33.4 Å².